The molecular weight excluding hydrogens is 267 g/mol. The predicted octanol–water partition coefficient (Wildman–Crippen LogP) is 3.75. The highest BCUT2D eigenvalue weighted by Crippen LogP contribution is 2.28. The molecule has 5 heteroatoms. The van der Waals surface area contributed by atoms with Crippen LogP contribution in [-0.4, -0.2) is 23.9 Å². The monoisotopic (exact) mass is 285 g/mol. The Bertz CT molecular complexity index is 495. The van der Waals surface area contributed by atoms with Gasteiger partial charge in [0, 0.05) is 18.7 Å². The van der Waals surface area contributed by atoms with E-state index in [9.17, 15) is 18.0 Å². The van der Waals surface area contributed by atoms with Gasteiger partial charge in [-0.3, -0.25) is 4.79 Å². The summed E-state index contributed by atoms with van der Waals surface area (Å²) in [7, 11) is 1.63. The summed E-state index contributed by atoms with van der Waals surface area (Å²) in [5, 5.41) is 0. The number of halogens is 3. The molecule has 0 aromatic heterocycles. The minimum absolute atomic E-state index is 0.0624. The molecule has 2 rings (SSSR count). The third kappa shape index (κ3) is 2.81. The molecule has 2 nitrogen and oxygen atoms in total. The van der Waals surface area contributed by atoms with Crippen molar-refractivity contribution in [2.75, 3.05) is 7.05 Å². The number of hydrogen-bond acceptors (Lipinski definition) is 1. The molecule has 1 fully saturated rings. The lowest BCUT2D eigenvalue weighted by Gasteiger charge is -2.36. The molecule has 1 amide bonds. The van der Waals surface area contributed by atoms with E-state index in [2.05, 4.69) is 6.92 Å². The van der Waals surface area contributed by atoms with Gasteiger partial charge < -0.3 is 4.90 Å². The summed E-state index contributed by atoms with van der Waals surface area (Å²) in [6.07, 6.45) is 4.10. The molecule has 0 heterocycles. The highest BCUT2D eigenvalue weighted by Gasteiger charge is 2.29. The number of amides is 1. The Labute approximate surface area is 116 Å². The van der Waals surface area contributed by atoms with Crippen molar-refractivity contribution in [2.45, 2.75) is 38.6 Å². The normalized spacial score (nSPS) is 22.6. The number of carbonyl (C=O) groups excluding carboxylic acids is 1. The fourth-order valence-electron chi connectivity index (χ4n) is 2.91. The van der Waals surface area contributed by atoms with Gasteiger partial charge in [-0.1, -0.05) is 19.8 Å². The Balaban J connectivity index is 2.22. The third-order valence-electron chi connectivity index (χ3n) is 4.11. The Morgan fingerprint density at radius 2 is 1.70 bits per heavy atom. The zero-order valence-electron chi connectivity index (χ0n) is 11.6. The zero-order valence-corrected chi connectivity index (χ0v) is 11.6. The highest BCUT2D eigenvalue weighted by atomic mass is 19.2. The first kappa shape index (κ1) is 14.9. The average Bonchev–Trinajstić information content (AvgIpc) is 2.43. The van der Waals surface area contributed by atoms with Crippen molar-refractivity contribution in [1.29, 1.82) is 0 Å². The van der Waals surface area contributed by atoms with Crippen LogP contribution in [0.3, 0.4) is 0 Å². The molecule has 0 radical (unpaired) electrons. The van der Waals surface area contributed by atoms with Crippen LogP contribution in [0.4, 0.5) is 13.2 Å². The van der Waals surface area contributed by atoms with Gasteiger partial charge in [-0.15, -0.1) is 0 Å². The standard InChI is InChI=1S/C15H18F3NO/c1-9-5-3-4-6-13(9)19(2)15(20)10-7-11(16)14(18)12(17)8-10/h7-9,13H,3-6H2,1-2H3. The Morgan fingerprint density at radius 1 is 1.15 bits per heavy atom. The topological polar surface area (TPSA) is 20.3 Å². The second-order valence-corrected chi connectivity index (χ2v) is 5.50. The maximum absolute atomic E-state index is 13.2. The lowest BCUT2D eigenvalue weighted by atomic mass is 9.85. The molecule has 110 valence electrons. The Hall–Kier alpha value is -1.52. The van der Waals surface area contributed by atoms with Gasteiger partial charge >= 0.3 is 0 Å². The maximum Gasteiger partial charge on any atom is 0.254 e. The van der Waals surface area contributed by atoms with Crippen LogP contribution in [-0.2, 0) is 0 Å². The van der Waals surface area contributed by atoms with Gasteiger partial charge in [0.2, 0.25) is 0 Å². The smallest absolute Gasteiger partial charge is 0.254 e. The molecule has 1 aromatic rings. The molecule has 0 N–H and O–H groups in total. The second kappa shape index (κ2) is 5.85. The molecule has 20 heavy (non-hydrogen) atoms. The van der Waals surface area contributed by atoms with Crippen LogP contribution in [0.25, 0.3) is 0 Å². The van der Waals surface area contributed by atoms with E-state index >= 15 is 0 Å². The summed E-state index contributed by atoms with van der Waals surface area (Å²) in [6.45, 7) is 2.07. The van der Waals surface area contributed by atoms with E-state index in [4.69, 9.17) is 0 Å². The first-order valence-electron chi connectivity index (χ1n) is 6.83. The van der Waals surface area contributed by atoms with E-state index < -0.39 is 23.4 Å². The summed E-state index contributed by atoms with van der Waals surface area (Å²) in [5.41, 5.74) is -0.151. The predicted molar refractivity (Wildman–Crippen MR) is 69.8 cm³/mol. The zero-order chi connectivity index (χ0) is 14.9. The quantitative estimate of drug-likeness (QED) is 0.758. The van der Waals surface area contributed by atoms with Crippen molar-refractivity contribution in [2.24, 2.45) is 5.92 Å². The molecule has 0 saturated heterocycles. The molecule has 1 aliphatic rings. The molecule has 2 unspecified atom stereocenters. The molecule has 0 spiro atoms. The van der Waals surface area contributed by atoms with Crippen molar-refractivity contribution in [3.8, 4) is 0 Å². The number of benzene rings is 1. The summed E-state index contributed by atoms with van der Waals surface area (Å²) in [5.74, 6) is -4.33. The second-order valence-electron chi connectivity index (χ2n) is 5.50. The van der Waals surface area contributed by atoms with Gasteiger partial charge in [0.05, 0.1) is 0 Å². The van der Waals surface area contributed by atoms with Gasteiger partial charge in [-0.05, 0) is 30.9 Å². The van der Waals surface area contributed by atoms with E-state index in [0.29, 0.717) is 5.92 Å². The molecule has 1 aromatic carbocycles. The SMILES string of the molecule is CC1CCCCC1N(C)C(=O)c1cc(F)c(F)c(F)c1. The largest absolute Gasteiger partial charge is 0.338 e. The summed E-state index contributed by atoms with van der Waals surface area (Å²) < 4.78 is 39.3. The average molecular weight is 285 g/mol. The van der Waals surface area contributed by atoms with Crippen LogP contribution in [0.5, 0.6) is 0 Å². The van der Waals surface area contributed by atoms with Gasteiger partial charge in [-0.2, -0.15) is 0 Å². The fourth-order valence-corrected chi connectivity index (χ4v) is 2.91. The van der Waals surface area contributed by atoms with Crippen molar-refractivity contribution < 1.29 is 18.0 Å². The van der Waals surface area contributed by atoms with E-state index in [-0.39, 0.29) is 11.6 Å². The fraction of sp³-hybridized carbons (Fsp3) is 0.533. The van der Waals surface area contributed by atoms with Gasteiger partial charge in [-0.25, -0.2) is 13.2 Å². The minimum atomic E-state index is -1.55. The molecule has 0 bridgehead atoms. The Kier molecular flexibility index (Phi) is 4.35. The molecule has 1 saturated carbocycles. The minimum Gasteiger partial charge on any atom is -0.338 e. The molecular formula is C15H18F3NO. The van der Waals surface area contributed by atoms with Gasteiger partial charge in [0.15, 0.2) is 17.5 Å². The van der Waals surface area contributed by atoms with Gasteiger partial charge in [0.25, 0.3) is 5.91 Å². The lowest BCUT2D eigenvalue weighted by molar-refractivity contribution is 0.0627. The molecule has 1 aliphatic carbocycles. The van der Waals surface area contributed by atoms with Crippen molar-refractivity contribution in [3.63, 3.8) is 0 Å². The van der Waals surface area contributed by atoms with E-state index in [1.54, 1.807) is 7.05 Å². The van der Waals surface area contributed by atoms with Crippen LogP contribution in [0, 0.1) is 23.4 Å². The summed E-state index contributed by atoms with van der Waals surface area (Å²) >= 11 is 0. The van der Waals surface area contributed by atoms with Crippen molar-refractivity contribution >= 4 is 5.91 Å². The first-order valence-corrected chi connectivity index (χ1v) is 6.83. The van der Waals surface area contributed by atoms with E-state index in [1.165, 1.54) is 4.90 Å². The van der Waals surface area contributed by atoms with Crippen LogP contribution in [0.2, 0.25) is 0 Å². The van der Waals surface area contributed by atoms with Crippen molar-refractivity contribution in [3.05, 3.63) is 35.1 Å². The Morgan fingerprint density at radius 3 is 2.25 bits per heavy atom. The third-order valence-corrected chi connectivity index (χ3v) is 4.11. The molecule has 2 atom stereocenters. The lowest BCUT2D eigenvalue weighted by Crippen LogP contribution is -2.42. The number of nitrogens with zero attached hydrogens (tertiary/aromatic N) is 1. The van der Waals surface area contributed by atoms with Crippen LogP contribution in [0.15, 0.2) is 12.1 Å². The first-order chi connectivity index (χ1) is 9.41. The van der Waals surface area contributed by atoms with E-state index in [0.717, 1.165) is 37.8 Å². The number of carbonyl (C=O) groups is 1. The van der Waals surface area contributed by atoms with Crippen LogP contribution >= 0.6 is 0 Å². The highest BCUT2D eigenvalue weighted by molar-refractivity contribution is 5.94. The molecule has 0 aliphatic heterocycles. The van der Waals surface area contributed by atoms with Crippen molar-refractivity contribution in [1.82, 2.24) is 4.90 Å². The summed E-state index contributed by atoms with van der Waals surface area (Å²) in [4.78, 5) is 13.8. The maximum atomic E-state index is 13.2. The van der Waals surface area contributed by atoms with Crippen LogP contribution < -0.4 is 0 Å². The number of rotatable bonds is 2. The van der Waals surface area contributed by atoms with E-state index in [1.807, 2.05) is 0 Å². The number of hydrogen-bond donors (Lipinski definition) is 0. The van der Waals surface area contributed by atoms with Gasteiger partial charge in [0.1, 0.15) is 0 Å². The summed E-state index contributed by atoms with van der Waals surface area (Å²) in [6, 6.07) is 1.57. The van der Waals surface area contributed by atoms with Crippen LogP contribution in [0.1, 0.15) is 43.0 Å².